The van der Waals surface area contributed by atoms with E-state index in [0.29, 0.717) is 11.5 Å². The van der Waals surface area contributed by atoms with Crippen LogP contribution in [0.5, 0.6) is 11.5 Å². The summed E-state index contributed by atoms with van der Waals surface area (Å²) in [6.07, 6.45) is 3.15. The van der Waals surface area contributed by atoms with Crippen molar-refractivity contribution in [3.63, 3.8) is 0 Å². The Bertz CT molecular complexity index is 716. The van der Waals surface area contributed by atoms with E-state index in [1.54, 1.807) is 18.2 Å². The highest BCUT2D eigenvalue weighted by molar-refractivity contribution is 5.81. The van der Waals surface area contributed by atoms with Gasteiger partial charge in [-0.15, -0.1) is 0 Å². The molecule has 2 unspecified atom stereocenters. The van der Waals surface area contributed by atoms with Crippen LogP contribution in [0, 0.1) is 10.8 Å². The molecule has 1 saturated carbocycles. The minimum absolute atomic E-state index is 0.118. The molecule has 27 heavy (non-hydrogen) atoms. The summed E-state index contributed by atoms with van der Waals surface area (Å²) in [6.45, 7) is 7.03. The third kappa shape index (κ3) is 4.54. The van der Waals surface area contributed by atoms with E-state index < -0.39 is 5.97 Å². The second kappa shape index (κ2) is 7.41. The molecular weight excluding hydrogens is 346 g/mol. The Balaban J connectivity index is 1.49. The molecule has 2 atom stereocenters. The standard InChI is InChI=1S/C21H29NO5/c1-20(2)9-15-10-21(3,13-20)14-22(15)18(23)11-27-19(24)12-26-17-8-6-5-7-16(17)25-4/h5-8,15H,9-14H2,1-4H3. The Morgan fingerprint density at radius 3 is 2.52 bits per heavy atom. The van der Waals surface area contributed by atoms with Crippen LogP contribution in [0.3, 0.4) is 0 Å². The SMILES string of the molecule is COc1ccccc1OCC(=O)OCC(=O)N1CC2(C)CC1CC(C)(C)C2. The van der Waals surface area contributed by atoms with E-state index in [-0.39, 0.29) is 36.0 Å². The Kier molecular flexibility index (Phi) is 5.36. The van der Waals surface area contributed by atoms with Crippen molar-refractivity contribution in [1.82, 2.24) is 4.90 Å². The van der Waals surface area contributed by atoms with Crippen molar-refractivity contribution in [3.05, 3.63) is 24.3 Å². The molecule has 6 nitrogen and oxygen atoms in total. The molecule has 148 valence electrons. The number of hydrogen-bond donors (Lipinski definition) is 0. The molecule has 0 spiro atoms. The molecule has 1 aromatic carbocycles. The van der Waals surface area contributed by atoms with Gasteiger partial charge in [0.05, 0.1) is 7.11 Å². The van der Waals surface area contributed by atoms with Crippen LogP contribution in [0.4, 0.5) is 0 Å². The summed E-state index contributed by atoms with van der Waals surface area (Å²) in [7, 11) is 1.54. The van der Waals surface area contributed by atoms with Gasteiger partial charge in [-0.3, -0.25) is 4.79 Å². The second-order valence-electron chi connectivity index (χ2n) is 8.84. The average molecular weight is 375 g/mol. The smallest absolute Gasteiger partial charge is 0.344 e. The molecule has 1 aromatic rings. The number of likely N-dealkylation sites (tertiary alicyclic amines) is 1. The van der Waals surface area contributed by atoms with Gasteiger partial charge in [0, 0.05) is 12.6 Å². The van der Waals surface area contributed by atoms with Gasteiger partial charge in [0.2, 0.25) is 0 Å². The number of hydrogen-bond acceptors (Lipinski definition) is 5. The zero-order valence-electron chi connectivity index (χ0n) is 16.6. The van der Waals surface area contributed by atoms with Gasteiger partial charge < -0.3 is 19.1 Å². The number of para-hydroxylation sites is 2. The van der Waals surface area contributed by atoms with E-state index >= 15 is 0 Å². The highest BCUT2D eigenvalue weighted by atomic mass is 16.6. The Morgan fingerprint density at radius 1 is 1.11 bits per heavy atom. The van der Waals surface area contributed by atoms with Crippen molar-refractivity contribution in [3.8, 4) is 11.5 Å². The molecule has 0 aromatic heterocycles. The van der Waals surface area contributed by atoms with E-state index in [1.165, 1.54) is 7.11 Å². The molecular formula is C21H29NO5. The Morgan fingerprint density at radius 2 is 1.81 bits per heavy atom. The predicted octanol–water partition coefficient (Wildman–Crippen LogP) is 3.04. The molecule has 1 aliphatic carbocycles. The lowest BCUT2D eigenvalue weighted by Gasteiger charge is -2.39. The normalized spacial score (nSPS) is 25.8. The van der Waals surface area contributed by atoms with Gasteiger partial charge in [0.1, 0.15) is 0 Å². The maximum atomic E-state index is 12.6. The van der Waals surface area contributed by atoms with Crippen molar-refractivity contribution in [2.45, 2.75) is 46.1 Å². The van der Waals surface area contributed by atoms with Gasteiger partial charge >= 0.3 is 5.97 Å². The Labute approximate surface area is 160 Å². The third-order valence-corrected chi connectivity index (χ3v) is 5.51. The summed E-state index contributed by atoms with van der Waals surface area (Å²) < 4.78 is 15.8. The van der Waals surface area contributed by atoms with E-state index in [1.807, 2.05) is 11.0 Å². The summed E-state index contributed by atoms with van der Waals surface area (Å²) in [5.74, 6) is 0.323. The van der Waals surface area contributed by atoms with Crippen LogP contribution < -0.4 is 9.47 Å². The van der Waals surface area contributed by atoms with Crippen LogP contribution in [-0.2, 0) is 14.3 Å². The summed E-state index contributed by atoms with van der Waals surface area (Å²) in [5.41, 5.74) is 0.408. The molecule has 0 radical (unpaired) electrons. The van der Waals surface area contributed by atoms with Gasteiger partial charge in [0.15, 0.2) is 24.7 Å². The topological polar surface area (TPSA) is 65.1 Å². The molecule has 3 rings (SSSR count). The first-order valence-corrected chi connectivity index (χ1v) is 9.42. The van der Waals surface area contributed by atoms with E-state index in [4.69, 9.17) is 14.2 Å². The van der Waals surface area contributed by atoms with Crippen molar-refractivity contribution < 1.29 is 23.8 Å². The Hall–Kier alpha value is -2.24. The summed E-state index contributed by atoms with van der Waals surface area (Å²) >= 11 is 0. The van der Waals surface area contributed by atoms with Crippen molar-refractivity contribution in [2.75, 3.05) is 26.9 Å². The van der Waals surface area contributed by atoms with Gasteiger partial charge in [-0.05, 0) is 42.2 Å². The van der Waals surface area contributed by atoms with Gasteiger partial charge in [0.25, 0.3) is 5.91 Å². The highest BCUT2D eigenvalue weighted by Gasteiger charge is 2.50. The fourth-order valence-corrected chi connectivity index (χ4v) is 4.89. The number of benzene rings is 1. The lowest BCUT2D eigenvalue weighted by Crippen LogP contribution is -2.40. The second-order valence-corrected chi connectivity index (χ2v) is 8.84. The molecule has 0 N–H and O–H groups in total. The fraction of sp³-hybridized carbons (Fsp3) is 0.619. The molecule has 6 heteroatoms. The van der Waals surface area contributed by atoms with Crippen LogP contribution >= 0.6 is 0 Å². The first-order chi connectivity index (χ1) is 12.7. The van der Waals surface area contributed by atoms with E-state index in [0.717, 1.165) is 25.8 Å². The molecule has 1 heterocycles. The summed E-state index contributed by atoms with van der Waals surface area (Å²) in [5, 5.41) is 0. The first-order valence-electron chi connectivity index (χ1n) is 9.42. The van der Waals surface area contributed by atoms with Gasteiger partial charge in [-0.2, -0.15) is 0 Å². The van der Waals surface area contributed by atoms with Crippen molar-refractivity contribution >= 4 is 11.9 Å². The van der Waals surface area contributed by atoms with Crippen LogP contribution in [0.1, 0.15) is 40.0 Å². The monoisotopic (exact) mass is 375 g/mol. The maximum Gasteiger partial charge on any atom is 0.344 e. The molecule has 1 aliphatic heterocycles. The number of carbonyl (C=O) groups is 2. The number of rotatable bonds is 6. The number of fused-ring (bicyclic) bond motifs is 2. The molecule has 1 amide bonds. The molecule has 2 bridgehead atoms. The highest BCUT2D eigenvalue weighted by Crippen LogP contribution is 2.52. The summed E-state index contributed by atoms with van der Waals surface area (Å²) in [4.78, 5) is 26.5. The van der Waals surface area contributed by atoms with Crippen LogP contribution in [0.25, 0.3) is 0 Å². The fourth-order valence-electron chi connectivity index (χ4n) is 4.89. The summed E-state index contributed by atoms with van der Waals surface area (Å²) in [6, 6.07) is 7.31. The lowest BCUT2D eigenvalue weighted by molar-refractivity contribution is -0.154. The number of carbonyl (C=O) groups excluding carboxylic acids is 2. The number of esters is 1. The molecule has 2 fully saturated rings. The van der Waals surface area contributed by atoms with Crippen LogP contribution in [0.15, 0.2) is 24.3 Å². The first kappa shape index (κ1) is 19.5. The van der Waals surface area contributed by atoms with Gasteiger partial charge in [-0.25, -0.2) is 4.79 Å². The van der Waals surface area contributed by atoms with E-state index in [9.17, 15) is 9.59 Å². The zero-order valence-corrected chi connectivity index (χ0v) is 16.6. The quantitative estimate of drug-likeness (QED) is 0.715. The number of methoxy groups -OCH3 is 1. The average Bonchev–Trinajstić information content (AvgIpc) is 2.86. The lowest BCUT2D eigenvalue weighted by atomic mass is 9.65. The third-order valence-electron chi connectivity index (χ3n) is 5.51. The maximum absolute atomic E-state index is 12.6. The minimum Gasteiger partial charge on any atom is -0.493 e. The number of amides is 1. The number of nitrogens with zero attached hydrogens (tertiary/aromatic N) is 1. The van der Waals surface area contributed by atoms with Crippen molar-refractivity contribution in [1.29, 1.82) is 0 Å². The van der Waals surface area contributed by atoms with E-state index in [2.05, 4.69) is 20.8 Å². The minimum atomic E-state index is -0.567. The van der Waals surface area contributed by atoms with Gasteiger partial charge in [-0.1, -0.05) is 32.9 Å². The number of ether oxygens (including phenoxy) is 3. The zero-order chi connectivity index (χ0) is 19.7. The largest absolute Gasteiger partial charge is 0.493 e. The van der Waals surface area contributed by atoms with Crippen LogP contribution in [0.2, 0.25) is 0 Å². The predicted molar refractivity (Wildman–Crippen MR) is 101 cm³/mol. The van der Waals surface area contributed by atoms with Crippen LogP contribution in [-0.4, -0.2) is 49.7 Å². The molecule has 2 aliphatic rings. The molecule has 1 saturated heterocycles. The van der Waals surface area contributed by atoms with Crippen molar-refractivity contribution in [2.24, 2.45) is 10.8 Å².